The van der Waals surface area contributed by atoms with E-state index in [1.54, 1.807) is 0 Å². The lowest BCUT2D eigenvalue weighted by Gasteiger charge is -2.17. The fraction of sp³-hybridized carbons (Fsp3) is 0.286. The second kappa shape index (κ2) is 4.99. The van der Waals surface area contributed by atoms with Gasteiger partial charge < -0.3 is 9.88 Å². The van der Waals surface area contributed by atoms with Crippen LogP contribution in [0.2, 0.25) is 0 Å². The topological polar surface area (TPSA) is 17.0 Å². The molecule has 1 atom stereocenters. The Balaban J connectivity index is 2.38. The summed E-state index contributed by atoms with van der Waals surface area (Å²) in [6.07, 6.45) is 4.16. The highest BCUT2D eigenvalue weighted by atomic mass is 15.0. The molecule has 2 aromatic rings. The van der Waals surface area contributed by atoms with Crippen molar-refractivity contribution >= 4 is 0 Å². The first-order chi connectivity index (χ1) is 7.83. The molecule has 0 saturated heterocycles. The Morgan fingerprint density at radius 1 is 1.12 bits per heavy atom. The first kappa shape index (κ1) is 11.0. The molecule has 0 aliphatic rings. The van der Waals surface area contributed by atoms with Crippen LogP contribution in [0.1, 0.15) is 25.5 Å². The zero-order valence-corrected chi connectivity index (χ0v) is 9.85. The third kappa shape index (κ3) is 2.17. The third-order valence-corrected chi connectivity index (χ3v) is 2.80. The number of benzene rings is 1. The molecule has 0 bridgehead atoms. The number of hydrogen-bond donors (Lipinski definition) is 1. The van der Waals surface area contributed by atoms with Crippen LogP contribution in [0, 0.1) is 0 Å². The first-order valence-corrected chi connectivity index (χ1v) is 5.78. The summed E-state index contributed by atoms with van der Waals surface area (Å²) in [5, 5.41) is 3.45. The van der Waals surface area contributed by atoms with Gasteiger partial charge >= 0.3 is 0 Å². The molecule has 1 aromatic carbocycles. The number of nitrogens with zero attached hydrogens (tertiary/aromatic N) is 1. The van der Waals surface area contributed by atoms with Gasteiger partial charge in [0.05, 0.1) is 0 Å². The Morgan fingerprint density at radius 2 is 1.81 bits per heavy atom. The largest absolute Gasteiger partial charge is 0.324 e. The number of aromatic nitrogens is 1. The smallest absolute Gasteiger partial charge is 0.0497 e. The highest BCUT2D eigenvalue weighted by Gasteiger charge is 2.09. The van der Waals surface area contributed by atoms with Crippen molar-refractivity contribution in [2.45, 2.75) is 19.9 Å². The molecule has 0 aliphatic heterocycles. The van der Waals surface area contributed by atoms with Gasteiger partial charge in [0.15, 0.2) is 0 Å². The van der Waals surface area contributed by atoms with Crippen LogP contribution in [-0.4, -0.2) is 11.1 Å². The standard InChI is InChI=1S/C14H18N2/c1-3-15-12(2)13-8-4-5-9-14(13)16-10-6-7-11-16/h4-12,15H,3H2,1-2H3. The molecular weight excluding hydrogens is 196 g/mol. The van der Waals surface area contributed by atoms with E-state index in [2.05, 4.69) is 72.5 Å². The van der Waals surface area contributed by atoms with Crippen molar-refractivity contribution in [1.29, 1.82) is 0 Å². The minimum absolute atomic E-state index is 0.378. The van der Waals surface area contributed by atoms with E-state index >= 15 is 0 Å². The fourth-order valence-corrected chi connectivity index (χ4v) is 2.00. The summed E-state index contributed by atoms with van der Waals surface area (Å²) in [7, 11) is 0. The lowest BCUT2D eigenvalue weighted by Crippen LogP contribution is -2.19. The van der Waals surface area contributed by atoms with Crippen molar-refractivity contribution in [3.63, 3.8) is 0 Å². The van der Waals surface area contributed by atoms with Gasteiger partial charge in [-0.3, -0.25) is 0 Å². The van der Waals surface area contributed by atoms with Crippen LogP contribution in [0.5, 0.6) is 0 Å². The molecule has 1 heterocycles. The second-order valence-corrected chi connectivity index (χ2v) is 3.93. The SMILES string of the molecule is CCNC(C)c1ccccc1-n1cccc1. The lowest BCUT2D eigenvalue weighted by atomic mass is 10.1. The van der Waals surface area contributed by atoms with Crippen LogP contribution in [0.15, 0.2) is 48.8 Å². The summed E-state index contributed by atoms with van der Waals surface area (Å²) in [4.78, 5) is 0. The van der Waals surface area contributed by atoms with Crippen LogP contribution in [0.4, 0.5) is 0 Å². The Morgan fingerprint density at radius 3 is 2.50 bits per heavy atom. The summed E-state index contributed by atoms with van der Waals surface area (Å²) < 4.78 is 2.16. The van der Waals surface area contributed by atoms with E-state index in [4.69, 9.17) is 0 Å². The molecular formula is C14H18N2. The minimum Gasteiger partial charge on any atom is -0.324 e. The molecule has 0 saturated carbocycles. The van der Waals surface area contributed by atoms with Crippen LogP contribution in [0.25, 0.3) is 5.69 Å². The fourth-order valence-electron chi connectivity index (χ4n) is 2.00. The molecule has 2 heteroatoms. The quantitative estimate of drug-likeness (QED) is 0.827. The van der Waals surface area contributed by atoms with E-state index in [1.807, 2.05) is 0 Å². The molecule has 84 valence electrons. The monoisotopic (exact) mass is 214 g/mol. The average molecular weight is 214 g/mol. The molecule has 2 nitrogen and oxygen atoms in total. The van der Waals surface area contributed by atoms with Gasteiger partial charge in [0.1, 0.15) is 0 Å². The van der Waals surface area contributed by atoms with E-state index in [-0.39, 0.29) is 0 Å². The van der Waals surface area contributed by atoms with E-state index in [1.165, 1.54) is 11.3 Å². The zero-order valence-electron chi connectivity index (χ0n) is 9.85. The number of rotatable bonds is 4. The van der Waals surface area contributed by atoms with Crippen LogP contribution >= 0.6 is 0 Å². The Bertz CT molecular complexity index is 432. The van der Waals surface area contributed by atoms with Gasteiger partial charge in [-0.05, 0) is 37.2 Å². The minimum atomic E-state index is 0.378. The summed E-state index contributed by atoms with van der Waals surface area (Å²) >= 11 is 0. The highest BCUT2D eigenvalue weighted by Crippen LogP contribution is 2.21. The first-order valence-electron chi connectivity index (χ1n) is 5.78. The zero-order chi connectivity index (χ0) is 11.4. The van der Waals surface area contributed by atoms with Gasteiger partial charge in [-0.25, -0.2) is 0 Å². The van der Waals surface area contributed by atoms with Gasteiger partial charge in [0.25, 0.3) is 0 Å². The molecule has 0 radical (unpaired) electrons. The maximum absolute atomic E-state index is 3.45. The van der Waals surface area contributed by atoms with Gasteiger partial charge in [-0.2, -0.15) is 0 Å². The molecule has 1 aromatic heterocycles. The highest BCUT2D eigenvalue weighted by molar-refractivity contribution is 5.43. The van der Waals surface area contributed by atoms with Crippen LogP contribution in [0.3, 0.4) is 0 Å². The van der Waals surface area contributed by atoms with E-state index in [0.717, 1.165) is 6.54 Å². The van der Waals surface area contributed by atoms with Crippen molar-refractivity contribution in [2.24, 2.45) is 0 Å². The summed E-state index contributed by atoms with van der Waals surface area (Å²) in [5.74, 6) is 0. The molecule has 1 N–H and O–H groups in total. The van der Waals surface area contributed by atoms with Crippen LogP contribution in [-0.2, 0) is 0 Å². The molecule has 16 heavy (non-hydrogen) atoms. The summed E-state index contributed by atoms with van der Waals surface area (Å²) in [6.45, 7) is 5.32. The number of nitrogens with one attached hydrogen (secondary N) is 1. The Hall–Kier alpha value is -1.54. The molecule has 0 aliphatic carbocycles. The average Bonchev–Trinajstić information content (AvgIpc) is 2.83. The maximum Gasteiger partial charge on any atom is 0.0497 e. The summed E-state index contributed by atoms with van der Waals surface area (Å²) in [6, 6.07) is 13.0. The molecule has 2 rings (SSSR count). The normalized spacial score (nSPS) is 12.6. The molecule has 0 amide bonds. The molecule has 0 fully saturated rings. The van der Waals surface area contributed by atoms with Gasteiger partial charge in [-0.15, -0.1) is 0 Å². The van der Waals surface area contributed by atoms with E-state index < -0.39 is 0 Å². The van der Waals surface area contributed by atoms with Crippen molar-refractivity contribution < 1.29 is 0 Å². The van der Waals surface area contributed by atoms with Crippen molar-refractivity contribution in [3.05, 3.63) is 54.4 Å². The van der Waals surface area contributed by atoms with Crippen molar-refractivity contribution in [3.8, 4) is 5.69 Å². The molecule has 1 unspecified atom stereocenters. The van der Waals surface area contributed by atoms with Crippen molar-refractivity contribution in [2.75, 3.05) is 6.54 Å². The predicted molar refractivity (Wildman–Crippen MR) is 67.9 cm³/mol. The van der Waals surface area contributed by atoms with Crippen LogP contribution < -0.4 is 5.32 Å². The van der Waals surface area contributed by atoms with Crippen molar-refractivity contribution in [1.82, 2.24) is 9.88 Å². The summed E-state index contributed by atoms with van der Waals surface area (Å²) in [5.41, 5.74) is 2.58. The predicted octanol–water partition coefficient (Wildman–Crippen LogP) is 3.15. The van der Waals surface area contributed by atoms with E-state index in [9.17, 15) is 0 Å². The second-order valence-electron chi connectivity index (χ2n) is 3.93. The Kier molecular flexibility index (Phi) is 3.42. The maximum atomic E-state index is 3.45. The van der Waals surface area contributed by atoms with Gasteiger partial charge in [0.2, 0.25) is 0 Å². The number of hydrogen-bond acceptors (Lipinski definition) is 1. The Labute approximate surface area is 96.9 Å². The van der Waals surface area contributed by atoms with Gasteiger partial charge in [-0.1, -0.05) is 25.1 Å². The number of para-hydroxylation sites is 1. The van der Waals surface area contributed by atoms with Gasteiger partial charge in [0, 0.05) is 24.1 Å². The third-order valence-electron chi connectivity index (χ3n) is 2.80. The van der Waals surface area contributed by atoms with E-state index in [0.29, 0.717) is 6.04 Å². The molecule has 0 spiro atoms. The lowest BCUT2D eigenvalue weighted by molar-refractivity contribution is 0.595.